The topological polar surface area (TPSA) is 55.3 Å². The Morgan fingerprint density at radius 3 is 2.32 bits per heavy atom. The van der Waals surface area contributed by atoms with Gasteiger partial charge in [-0.2, -0.15) is 0 Å². The largest absolute Gasteiger partial charge is 0.439 e. The van der Waals surface area contributed by atoms with Crippen molar-refractivity contribution in [3.63, 3.8) is 0 Å². The molecule has 1 aliphatic rings. The van der Waals surface area contributed by atoms with Crippen LogP contribution in [0.5, 0.6) is 0 Å². The van der Waals surface area contributed by atoms with Crippen LogP contribution in [0.4, 0.5) is 0 Å². The van der Waals surface area contributed by atoms with E-state index in [0.717, 1.165) is 30.3 Å². The highest BCUT2D eigenvalue weighted by Gasteiger charge is 2.36. The molecule has 2 N–H and O–H groups in total. The van der Waals surface area contributed by atoms with Crippen LogP contribution in [-0.4, -0.2) is 29.5 Å². The van der Waals surface area contributed by atoms with E-state index in [1.807, 2.05) is 36.5 Å². The van der Waals surface area contributed by atoms with Crippen molar-refractivity contribution in [3.8, 4) is 11.3 Å². The summed E-state index contributed by atoms with van der Waals surface area (Å²) in [5.74, 6) is 2.52. The maximum atomic E-state index is 6.08. The number of benzene rings is 2. The van der Waals surface area contributed by atoms with Crippen molar-refractivity contribution in [1.82, 2.24) is 9.88 Å². The van der Waals surface area contributed by atoms with Crippen LogP contribution in [0.3, 0.4) is 0 Å². The number of rotatable bonds is 5. The van der Waals surface area contributed by atoms with Crippen LogP contribution < -0.4 is 5.73 Å². The fraction of sp³-hybridized carbons (Fsp3) is 0.318. The lowest BCUT2D eigenvalue weighted by atomic mass is 9.89. The third kappa shape index (κ3) is 4.58. The number of halogens is 2. The first kappa shape index (κ1) is 22.4. The van der Waals surface area contributed by atoms with Crippen molar-refractivity contribution >= 4 is 24.8 Å². The predicted molar refractivity (Wildman–Crippen MR) is 118 cm³/mol. The SMILES string of the molecule is CC(c1ncc(-c2ccccc2)o1)N1C[C@@H](CN)[C@H](c2ccccc2)C1.Cl.Cl. The molecular weight excluding hydrogens is 393 g/mol. The van der Waals surface area contributed by atoms with E-state index in [4.69, 9.17) is 10.2 Å². The van der Waals surface area contributed by atoms with Crippen molar-refractivity contribution in [2.24, 2.45) is 11.7 Å². The summed E-state index contributed by atoms with van der Waals surface area (Å²) in [6, 6.07) is 20.9. The van der Waals surface area contributed by atoms with Gasteiger partial charge in [-0.05, 0) is 24.9 Å². The van der Waals surface area contributed by atoms with Gasteiger partial charge in [0.2, 0.25) is 5.89 Å². The zero-order chi connectivity index (χ0) is 17.9. The zero-order valence-electron chi connectivity index (χ0n) is 15.9. The molecule has 0 bridgehead atoms. The van der Waals surface area contributed by atoms with E-state index < -0.39 is 0 Å². The average molecular weight is 420 g/mol. The zero-order valence-corrected chi connectivity index (χ0v) is 17.5. The van der Waals surface area contributed by atoms with Crippen LogP contribution in [0.15, 0.2) is 71.3 Å². The Labute approximate surface area is 179 Å². The minimum absolute atomic E-state index is 0. The Morgan fingerprint density at radius 2 is 1.68 bits per heavy atom. The first-order chi connectivity index (χ1) is 12.8. The highest BCUT2D eigenvalue weighted by atomic mass is 35.5. The fourth-order valence-corrected chi connectivity index (χ4v) is 3.91. The summed E-state index contributed by atoms with van der Waals surface area (Å²) in [6.07, 6.45) is 1.83. The van der Waals surface area contributed by atoms with Crippen molar-refractivity contribution in [3.05, 3.63) is 78.3 Å². The van der Waals surface area contributed by atoms with E-state index in [1.165, 1.54) is 5.56 Å². The monoisotopic (exact) mass is 419 g/mol. The lowest BCUT2D eigenvalue weighted by Gasteiger charge is -2.21. The number of nitrogens with two attached hydrogens (primary N) is 1. The van der Waals surface area contributed by atoms with Crippen molar-refractivity contribution in [1.29, 1.82) is 0 Å². The molecule has 1 aromatic heterocycles. The van der Waals surface area contributed by atoms with Crippen LogP contribution in [0.25, 0.3) is 11.3 Å². The molecule has 4 rings (SSSR count). The van der Waals surface area contributed by atoms with Crippen molar-refractivity contribution < 1.29 is 4.42 Å². The second-order valence-electron chi connectivity index (χ2n) is 7.07. The molecule has 150 valence electrons. The van der Waals surface area contributed by atoms with E-state index in [0.29, 0.717) is 18.4 Å². The fourth-order valence-electron chi connectivity index (χ4n) is 3.91. The van der Waals surface area contributed by atoms with Crippen LogP contribution in [0, 0.1) is 5.92 Å². The first-order valence-corrected chi connectivity index (χ1v) is 9.26. The smallest absolute Gasteiger partial charge is 0.211 e. The summed E-state index contributed by atoms with van der Waals surface area (Å²) < 4.78 is 6.07. The minimum atomic E-state index is 0. The molecular formula is C22H27Cl2N3O. The Bertz CT molecular complexity index is 841. The average Bonchev–Trinajstić information content (AvgIpc) is 3.36. The lowest BCUT2D eigenvalue weighted by molar-refractivity contribution is 0.218. The molecule has 1 saturated heterocycles. The van der Waals surface area contributed by atoms with Gasteiger partial charge in [-0.15, -0.1) is 24.8 Å². The molecule has 2 heterocycles. The number of nitrogens with zero attached hydrogens (tertiary/aromatic N) is 2. The van der Waals surface area contributed by atoms with E-state index in [1.54, 1.807) is 0 Å². The summed E-state index contributed by atoms with van der Waals surface area (Å²) in [4.78, 5) is 6.99. The number of oxazole rings is 1. The van der Waals surface area contributed by atoms with Crippen LogP contribution in [-0.2, 0) is 0 Å². The Balaban J connectivity index is 0.00000140. The summed E-state index contributed by atoms with van der Waals surface area (Å²) >= 11 is 0. The van der Waals surface area contributed by atoms with E-state index in [2.05, 4.69) is 47.1 Å². The quantitative estimate of drug-likeness (QED) is 0.637. The summed E-state index contributed by atoms with van der Waals surface area (Å²) in [6.45, 7) is 4.82. The maximum Gasteiger partial charge on any atom is 0.211 e. The van der Waals surface area contributed by atoms with E-state index in [9.17, 15) is 0 Å². The number of hydrogen-bond acceptors (Lipinski definition) is 4. The molecule has 0 radical (unpaired) electrons. The molecule has 1 fully saturated rings. The van der Waals surface area contributed by atoms with Crippen LogP contribution >= 0.6 is 24.8 Å². The highest BCUT2D eigenvalue weighted by Crippen LogP contribution is 2.37. The third-order valence-corrected chi connectivity index (χ3v) is 5.49. The predicted octanol–water partition coefficient (Wildman–Crippen LogP) is 4.92. The summed E-state index contributed by atoms with van der Waals surface area (Å²) in [5, 5.41) is 0. The molecule has 3 atom stereocenters. The molecule has 4 nitrogen and oxygen atoms in total. The second-order valence-corrected chi connectivity index (χ2v) is 7.07. The number of hydrogen-bond donors (Lipinski definition) is 1. The lowest BCUT2D eigenvalue weighted by Crippen LogP contribution is -2.26. The molecule has 1 aliphatic heterocycles. The Morgan fingerprint density at radius 1 is 1.04 bits per heavy atom. The van der Waals surface area contributed by atoms with Crippen molar-refractivity contribution in [2.75, 3.05) is 19.6 Å². The first-order valence-electron chi connectivity index (χ1n) is 9.26. The van der Waals surface area contributed by atoms with Gasteiger partial charge < -0.3 is 10.2 Å². The van der Waals surface area contributed by atoms with Gasteiger partial charge in [0.25, 0.3) is 0 Å². The minimum Gasteiger partial charge on any atom is -0.439 e. The standard InChI is InChI=1S/C22H25N3O.2ClH/c1-16(22-24-13-21(26-22)18-10-6-3-7-11-18)25-14-19(12-23)20(15-25)17-8-4-2-5-9-17;;/h2-11,13,16,19-20H,12,14-15,23H2,1H3;2*1H/t16?,19-,20+;;/m1../s1. The molecule has 1 unspecified atom stereocenters. The number of likely N-dealkylation sites (tertiary alicyclic amines) is 1. The van der Waals surface area contributed by atoms with Gasteiger partial charge in [0.15, 0.2) is 5.76 Å². The molecule has 0 amide bonds. The molecule has 3 aromatic rings. The highest BCUT2D eigenvalue weighted by molar-refractivity contribution is 5.85. The Hall–Kier alpha value is -1.85. The molecule has 28 heavy (non-hydrogen) atoms. The molecule has 2 aromatic carbocycles. The van der Waals surface area contributed by atoms with Gasteiger partial charge in [-0.25, -0.2) is 4.98 Å². The second kappa shape index (κ2) is 10.1. The summed E-state index contributed by atoms with van der Waals surface area (Å²) in [7, 11) is 0. The third-order valence-electron chi connectivity index (χ3n) is 5.49. The molecule has 0 saturated carbocycles. The van der Waals surface area contributed by atoms with Gasteiger partial charge in [0.1, 0.15) is 0 Å². The van der Waals surface area contributed by atoms with E-state index in [-0.39, 0.29) is 30.9 Å². The van der Waals surface area contributed by atoms with Gasteiger partial charge in [-0.1, -0.05) is 60.7 Å². The van der Waals surface area contributed by atoms with Gasteiger partial charge in [0.05, 0.1) is 12.2 Å². The number of aromatic nitrogens is 1. The van der Waals surface area contributed by atoms with Gasteiger partial charge in [-0.3, -0.25) is 4.90 Å². The summed E-state index contributed by atoms with van der Waals surface area (Å²) in [5.41, 5.74) is 8.50. The van der Waals surface area contributed by atoms with Gasteiger partial charge >= 0.3 is 0 Å². The Kier molecular flexibility index (Phi) is 8.08. The molecule has 6 heteroatoms. The van der Waals surface area contributed by atoms with Crippen LogP contribution in [0.1, 0.15) is 30.3 Å². The molecule has 0 spiro atoms. The van der Waals surface area contributed by atoms with Crippen molar-refractivity contribution in [2.45, 2.75) is 18.9 Å². The van der Waals surface area contributed by atoms with E-state index >= 15 is 0 Å². The molecule has 0 aliphatic carbocycles. The maximum absolute atomic E-state index is 6.08. The van der Waals surface area contributed by atoms with Gasteiger partial charge in [0, 0.05) is 24.6 Å². The normalized spacial score (nSPS) is 20.2. The van der Waals surface area contributed by atoms with Crippen LogP contribution in [0.2, 0.25) is 0 Å².